The zero-order valence-corrected chi connectivity index (χ0v) is 12.2. The highest BCUT2D eigenvalue weighted by Crippen LogP contribution is 2.24. The normalized spacial score (nSPS) is 19.5. The summed E-state index contributed by atoms with van der Waals surface area (Å²) < 4.78 is 4.66. The molecular formula is C14H26N2O3. The SMILES string of the molecule is CCC(NC(=O)CC(C)C1CCNCC1)C(=O)OC. The lowest BCUT2D eigenvalue weighted by Crippen LogP contribution is -2.42. The maximum atomic E-state index is 12.0. The molecule has 0 aromatic heterocycles. The number of carbonyl (C=O) groups excluding carboxylic acids is 2. The third-order valence-electron chi connectivity index (χ3n) is 3.93. The van der Waals surface area contributed by atoms with Crippen LogP contribution in [0.25, 0.3) is 0 Å². The first-order valence-electron chi connectivity index (χ1n) is 7.16. The number of hydrogen-bond acceptors (Lipinski definition) is 4. The van der Waals surface area contributed by atoms with Gasteiger partial charge in [0.05, 0.1) is 7.11 Å². The summed E-state index contributed by atoms with van der Waals surface area (Å²) in [5.74, 6) is 0.538. The van der Waals surface area contributed by atoms with E-state index in [9.17, 15) is 9.59 Å². The largest absolute Gasteiger partial charge is 0.467 e. The number of esters is 1. The molecule has 1 saturated heterocycles. The summed E-state index contributed by atoms with van der Waals surface area (Å²) in [5.41, 5.74) is 0. The molecule has 2 unspecified atom stereocenters. The van der Waals surface area contributed by atoms with Gasteiger partial charge in [0.15, 0.2) is 0 Å². The summed E-state index contributed by atoms with van der Waals surface area (Å²) in [6.07, 6.45) is 3.30. The summed E-state index contributed by atoms with van der Waals surface area (Å²) >= 11 is 0. The first kappa shape index (κ1) is 16.0. The molecule has 0 aromatic carbocycles. The summed E-state index contributed by atoms with van der Waals surface area (Å²) in [6.45, 7) is 6.06. The van der Waals surface area contributed by atoms with E-state index in [2.05, 4.69) is 22.3 Å². The molecule has 1 aliphatic rings. The molecule has 5 heteroatoms. The van der Waals surface area contributed by atoms with Crippen molar-refractivity contribution in [2.75, 3.05) is 20.2 Å². The van der Waals surface area contributed by atoms with Crippen molar-refractivity contribution < 1.29 is 14.3 Å². The van der Waals surface area contributed by atoms with Crippen LogP contribution in [0.3, 0.4) is 0 Å². The van der Waals surface area contributed by atoms with E-state index in [0.717, 1.165) is 25.9 Å². The van der Waals surface area contributed by atoms with Crippen LogP contribution >= 0.6 is 0 Å². The van der Waals surface area contributed by atoms with Crippen molar-refractivity contribution in [1.29, 1.82) is 0 Å². The highest BCUT2D eigenvalue weighted by Gasteiger charge is 2.24. The highest BCUT2D eigenvalue weighted by atomic mass is 16.5. The van der Waals surface area contributed by atoms with E-state index in [-0.39, 0.29) is 11.9 Å². The second kappa shape index (κ2) is 8.15. The van der Waals surface area contributed by atoms with Gasteiger partial charge in [-0.25, -0.2) is 4.79 Å². The number of carbonyl (C=O) groups is 2. The van der Waals surface area contributed by atoms with Crippen molar-refractivity contribution in [3.05, 3.63) is 0 Å². The van der Waals surface area contributed by atoms with Crippen molar-refractivity contribution in [3.8, 4) is 0 Å². The molecule has 19 heavy (non-hydrogen) atoms. The molecule has 0 radical (unpaired) electrons. The van der Waals surface area contributed by atoms with Gasteiger partial charge in [-0.05, 0) is 44.2 Å². The minimum atomic E-state index is -0.516. The molecular weight excluding hydrogens is 244 g/mol. The quantitative estimate of drug-likeness (QED) is 0.709. The van der Waals surface area contributed by atoms with Crippen LogP contribution in [0.1, 0.15) is 39.5 Å². The fourth-order valence-electron chi connectivity index (χ4n) is 2.60. The predicted molar refractivity (Wildman–Crippen MR) is 73.6 cm³/mol. The molecule has 5 nitrogen and oxygen atoms in total. The molecule has 1 aliphatic heterocycles. The van der Waals surface area contributed by atoms with Crippen LogP contribution in [-0.2, 0) is 14.3 Å². The Labute approximate surface area is 115 Å². The molecule has 1 amide bonds. The number of nitrogens with one attached hydrogen (secondary N) is 2. The molecule has 0 aliphatic carbocycles. The smallest absolute Gasteiger partial charge is 0.328 e. The summed E-state index contributed by atoms with van der Waals surface area (Å²) in [4.78, 5) is 23.4. The third kappa shape index (κ3) is 5.19. The minimum Gasteiger partial charge on any atom is -0.467 e. The van der Waals surface area contributed by atoms with Gasteiger partial charge in [-0.3, -0.25) is 4.79 Å². The van der Waals surface area contributed by atoms with E-state index >= 15 is 0 Å². The average molecular weight is 270 g/mol. The van der Waals surface area contributed by atoms with Crippen LogP contribution in [-0.4, -0.2) is 38.1 Å². The van der Waals surface area contributed by atoms with E-state index < -0.39 is 6.04 Å². The first-order chi connectivity index (χ1) is 9.08. The van der Waals surface area contributed by atoms with Gasteiger partial charge in [-0.15, -0.1) is 0 Å². The number of methoxy groups -OCH3 is 1. The minimum absolute atomic E-state index is 0.0525. The van der Waals surface area contributed by atoms with E-state index in [4.69, 9.17) is 0 Å². The molecule has 0 spiro atoms. The molecule has 2 N–H and O–H groups in total. The number of rotatable bonds is 6. The second-order valence-corrected chi connectivity index (χ2v) is 5.32. The van der Waals surface area contributed by atoms with Crippen molar-refractivity contribution in [1.82, 2.24) is 10.6 Å². The van der Waals surface area contributed by atoms with Gasteiger partial charge >= 0.3 is 5.97 Å². The number of amides is 1. The van der Waals surface area contributed by atoms with Crippen LogP contribution in [0.5, 0.6) is 0 Å². The molecule has 0 bridgehead atoms. The van der Waals surface area contributed by atoms with Crippen LogP contribution in [0.15, 0.2) is 0 Å². The van der Waals surface area contributed by atoms with Crippen molar-refractivity contribution in [3.63, 3.8) is 0 Å². The Morgan fingerprint density at radius 3 is 2.53 bits per heavy atom. The van der Waals surface area contributed by atoms with Gasteiger partial charge in [-0.2, -0.15) is 0 Å². The molecule has 1 rings (SSSR count). The zero-order valence-electron chi connectivity index (χ0n) is 12.2. The van der Waals surface area contributed by atoms with E-state index in [0.29, 0.717) is 24.7 Å². The summed E-state index contributed by atoms with van der Waals surface area (Å²) in [5, 5.41) is 6.08. The van der Waals surface area contributed by atoms with Gasteiger partial charge in [0.25, 0.3) is 0 Å². The molecule has 1 fully saturated rings. The average Bonchev–Trinajstić information content (AvgIpc) is 2.44. The number of hydrogen-bond donors (Lipinski definition) is 2. The van der Waals surface area contributed by atoms with Crippen LogP contribution in [0.2, 0.25) is 0 Å². The Bertz CT molecular complexity index is 301. The van der Waals surface area contributed by atoms with E-state index in [1.54, 1.807) is 0 Å². The van der Waals surface area contributed by atoms with Gasteiger partial charge in [0, 0.05) is 6.42 Å². The zero-order chi connectivity index (χ0) is 14.3. The van der Waals surface area contributed by atoms with Gasteiger partial charge in [0.1, 0.15) is 6.04 Å². The monoisotopic (exact) mass is 270 g/mol. The van der Waals surface area contributed by atoms with Crippen molar-refractivity contribution in [2.45, 2.75) is 45.6 Å². The number of piperidine rings is 1. The van der Waals surface area contributed by atoms with Crippen LogP contribution in [0.4, 0.5) is 0 Å². The Kier molecular flexibility index (Phi) is 6.84. The molecule has 0 saturated carbocycles. The lowest BCUT2D eigenvalue weighted by atomic mass is 9.84. The van der Waals surface area contributed by atoms with Crippen molar-refractivity contribution >= 4 is 11.9 Å². The fourth-order valence-corrected chi connectivity index (χ4v) is 2.60. The van der Waals surface area contributed by atoms with Gasteiger partial charge < -0.3 is 15.4 Å². The maximum absolute atomic E-state index is 12.0. The van der Waals surface area contributed by atoms with Crippen LogP contribution < -0.4 is 10.6 Å². The Hall–Kier alpha value is -1.10. The van der Waals surface area contributed by atoms with Crippen molar-refractivity contribution in [2.24, 2.45) is 11.8 Å². The molecule has 110 valence electrons. The summed E-state index contributed by atoms with van der Waals surface area (Å²) in [6, 6.07) is -0.516. The van der Waals surface area contributed by atoms with E-state index in [1.807, 2.05) is 6.92 Å². The first-order valence-corrected chi connectivity index (χ1v) is 7.16. The fraction of sp³-hybridized carbons (Fsp3) is 0.857. The van der Waals surface area contributed by atoms with Gasteiger partial charge in [0.2, 0.25) is 5.91 Å². The number of ether oxygens (including phenoxy) is 1. The lowest BCUT2D eigenvalue weighted by Gasteiger charge is -2.28. The Balaban J connectivity index is 2.38. The van der Waals surface area contributed by atoms with Crippen LogP contribution in [0, 0.1) is 11.8 Å². The molecule has 1 heterocycles. The maximum Gasteiger partial charge on any atom is 0.328 e. The van der Waals surface area contributed by atoms with Gasteiger partial charge in [-0.1, -0.05) is 13.8 Å². The highest BCUT2D eigenvalue weighted by molar-refractivity contribution is 5.84. The van der Waals surface area contributed by atoms with E-state index in [1.165, 1.54) is 7.11 Å². The topological polar surface area (TPSA) is 67.4 Å². The standard InChI is InChI=1S/C14H26N2O3/c1-4-12(14(18)19-3)16-13(17)9-10(2)11-5-7-15-8-6-11/h10-12,15H,4-9H2,1-3H3,(H,16,17). The summed E-state index contributed by atoms with van der Waals surface area (Å²) in [7, 11) is 1.34. The Morgan fingerprint density at radius 2 is 2.00 bits per heavy atom. The lowest BCUT2D eigenvalue weighted by molar-refractivity contribution is -0.145. The molecule has 2 atom stereocenters. The predicted octanol–water partition coefficient (Wildman–Crippen LogP) is 1.08. The third-order valence-corrected chi connectivity index (χ3v) is 3.93. The molecule has 0 aromatic rings. The second-order valence-electron chi connectivity index (χ2n) is 5.32. The Morgan fingerprint density at radius 1 is 1.37 bits per heavy atom.